The minimum absolute atomic E-state index is 0.0626. The quantitative estimate of drug-likeness (QED) is 0.676. The van der Waals surface area contributed by atoms with Gasteiger partial charge in [0.15, 0.2) is 5.78 Å². The Morgan fingerprint density at radius 1 is 1.00 bits per heavy atom. The topological polar surface area (TPSA) is 41.1 Å². The summed E-state index contributed by atoms with van der Waals surface area (Å²) in [6, 6.07) is 0.695. The molecule has 0 bridgehead atoms. The fourth-order valence-electron chi connectivity index (χ4n) is 1.40. The first-order valence-electron chi connectivity index (χ1n) is 5.87. The van der Waals surface area contributed by atoms with Crippen molar-refractivity contribution in [1.29, 1.82) is 0 Å². The largest absolute Gasteiger partial charge is 0.313 e. The van der Waals surface area contributed by atoms with Crippen LogP contribution in [0.3, 0.4) is 0 Å². The van der Waals surface area contributed by atoms with Gasteiger partial charge in [0.05, 0.1) is 6.04 Å². The summed E-state index contributed by atoms with van der Waals surface area (Å²) in [4.78, 5) is 11.9. The van der Waals surface area contributed by atoms with E-state index in [1.807, 2.05) is 13.8 Å². The van der Waals surface area contributed by atoms with Gasteiger partial charge in [-0.1, -0.05) is 41.5 Å². The minimum atomic E-state index is -0.0626. The lowest BCUT2D eigenvalue weighted by Crippen LogP contribution is -2.49. The van der Waals surface area contributed by atoms with E-state index in [2.05, 4.69) is 38.3 Å². The lowest BCUT2D eigenvalue weighted by Gasteiger charge is -2.23. The summed E-state index contributed by atoms with van der Waals surface area (Å²) >= 11 is 0. The zero-order chi connectivity index (χ0) is 12.0. The van der Waals surface area contributed by atoms with E-state index in [1.165, 1.54) is 0 Å². The monoisotopic (exact) mass is 214 g/mol. The van der Waals surface area contributed by atoms with Crippen LogP contribution < -0.4 is 10.6 Å². The highest BCUT2D eigenvalue weighted by Gasteiger charge is 2.21. The molecule has 0 aromatic rings. The number of ketones is 1. The third-order valence-electron chi connectivity index (χ3n) is 2.18. The van der Waals surface area contributed by atoms with Crippen LogP contribution in [0, 0.1) is 5.92 Å². The number of hydrogen-bond acceptors (Lipinski definition) is 3. The number of hydrogen-bond donors (Lipinski definition) is 2. The number of rotatable bonds is 7. The summed E-state index contributed by atoms with van der Waals surface area (Å²) < 4.78 is 0. The molecule has 90 valence electrons. The maximum atomic E-state index is 11.9. The van der Waals surface area contributed by atoms with Gasteiger partial charge < -0.3 is 10.6 Å². The van der Waals surface area contributed by atoms with Crippen LogP contribution in [0.1, 0.15) is 41.5 Å². The molecule has 0 saturated heterocycles. The summed E-state index contributed by atoms with van der Waals surface area (Å²) in [6.45, 7) is 12.9. The molecule has 0 rings (SSSR count). The SMILES string of the molecule is CC(C)NC[C@@H](NC(C)C)C(=O)C(C)C. The van der Waals surface area contributed by atoms with Crippen molar-refractivity contribution in [1.82, 2.24) is 10.6 Å². The maximum absolute atomic E-state index is 11.9. The average molecular weight is 214 g/mol. The van der Waals surface area contributed by atoms with Crippen molar-refractivity contribution in [2.24, 2.45) is 5.92 Å². The van der Waals surface area contributed by atoms with Crippen LogP contribution in [-0.4, -0.2) is 30.5 Å². The van der Waals surface area contributed by atoms with Crippen LogP contribution in [0.2, 0.25) is 0 Å². The van der Waals surface area contributed by atoms with Gasteiger partial charge in [0.25, 0.3) is 0 Å². The summed E-state index contributed by atoms with van der Waals surface area (Å²) in [5, 5.41) is 6.61. The molecule has 3 nitrogen and oxygen atoms in total. The number of Topliss-reactive ketones (excluding diaryl/α,β-unsaturated/α-hetero) is 1. The van der Waals surface area contributed by atoms with Gasteiger partial charge in [-0.25, -0.2) is 0 Å². The number of carbonyl (C=O) groups excluding carboxylic acids is 1. The first kappa shape index (κ1) is 14.6. The molecule has 0 unspecified atom stereocenters. The van der Waals surface area contributed by atoms with Crippen molar-refractivity contribution >= 4 is 5.78 Å². The number of carbonyl (C=O) groups is 1. The molecule has 0 aromatic heterocycles. The Hall–Kier alpha value is -0.410. The Labute approximate surface area is 94.0 Å². The predicted octanol–water partition coefficient (Wildman–Crippen LogP) is 1.58. The van der Waals surface area contributed by atoms with Crippen molar-refractivity contribution in [3.8, 4) is 0 Å². The second-order valence-corrected chi connectivity index (χ2v) is 4.99. The van der Waals surface area contributed by atoms with Gasteiger partial charge in [-0.15, -0.1) is 0 Å². The summed E-state index contributed by atoms with van der Waals surface area (Å²) in [5.41, 5.74) is 0. The molecule has 0 aromatic carbocycles. The van der Waals surface area contributed by atoms with Gasteiger partial charge >= 0.3 is 0 Å². The minimum Gasteiger partial charge on any atom is -0.313 e. The van der Waals surface area contributed by atoms with Crippen molar-refractivity contribution in [2.45, 2.75) is 59.7 Å². The van der Waals surface area contributed by atoms with Gasteiger partial charge in [0, 0.05) is 24.5 Å². The van der Waals surface area contributed by atoms with Gasteiger partial charge in [0.1, 0.15) is 0 Å². The number of nitrogens with one attached hydrogen (secondary N) is 2. The molecular weight excluding hydrogens is 188 g/mol. The smallest absolute Gasteiger partial charge is 0.153 e. The third-order valence-corrected chi connectivity index (χ3v) is 2.18. The molecule has 0 heterocycles. The molecule has 15 heavy (non-hydrogen) atoms. The van der Waals surface area contributed by atoms with E-state index >= 15 is 0 Å². The zero-order valence-corrected chi connectivity index (χ0v) is 10.9. The predicted molar refractivity (Wildman–Crippen MR) is 65.0 cm³/mol. The molecular formula is C12H26N2O. The summed E-state index contributed by atoms with van der Waals surface area (Å²) in [5.74, 6) is 0.382. The van der Waals surface area contributed by atoms with Gasteiger partial charge in [0.2, 0.25) is 0 Å². The Kier molecular flexibility index (Phi) is 6.77. The fourth-order valence-corrected chi connectivity index (χ4v) is 1.40. The molecule has 0 amide bonds. The first-order valence-corrected chi connectivity index (χ1v) is 5.87. The molecule has 0 saturated carbocycles. The molecule has 0 aliphatic carbocycles. The highest BCUT2D eigenvalue weighted by molar-refractivity contribution is 5.86. The Bertz CT molecular complexity index is 188. The fraction of sp³-hybridized carbons (Fsp3) is 0.917. The molecule has 0 aliphatic rings. The van der Waals surface area contributed by atoms with Gasteiger partial charge in [-0.05, 0) is 0 Å². The first-order chi connectivity index (χ1) is 6.84. The Morgan fingerprint density at radius 2 is 1.53 bits per heavy atom. The van der Waals surface area contributed by atoms with Crippen molar-refractivity contribution in [3.63, 3.8) is 0 Å². The van der Waals surface area contributed by atoms with E-state index < -0.39 is 0 Å². The normalized spacial score (nSPS) is 13.9. The van der Waals surface area contributed by atoms with E-state index in [9.17, 15) is 4.79 Å². The van der Waals surface area contributed by atoms with E-state index in [0.717, 1.165) is 0 Å². The second-order valence-electron chi connectivity index (χ2n) is 4.99. The molecule has 0 aliphatic heterocycles. The Morgan fingerprint density at radius 3 is 1.87 bits per heavy atom. The molecule has 3 heteroatoms. The lowest BCUT2D eigenvalue weighted by molar-refractivity contribution is -0.124. The van der Waals surface area contributed by atoms with Crippen LogP contribution in [-0.2, 0) is 4.79 Å². The third kappa shape index (κ3) is 6.63. The van der Waals surface area contributed by atoms with Crippen LogP contribution in [0.25, 0.3) is 0 Å². The van der Waals surface area contributed by atoms with E-state index in [4.69, 9.17) is 0 Å². The molecule has 0 fully saturated rings. The molecule has 0 spiro atoms. The van der Waals surface area contributed by atoms with Crippen molar-refractivity contribution < 1.29 is 4.79 Å². The maximum Gasteiger partial charge on any atom is 0.153 e. The van der Waals surface area contributed by atoms with Crippen molar-refractivity contribution in [2.75, 3.05) is 6.54 Å². The van der Waals surface area contributed by atoms with Crippen molar-refractivity contribution in [3.05, 3.63) is 0 Å². The van der Waals surface area contributed by atoms with Gasteiger partial charge in [-0.3, -0.25) is 4.79 Å². The van der Waals surface area contributed by atoms with Crippen LogP contribution in [0.5, 0.6) is 0 Å². The molecule has 0 radical (unpaired) electrons. The highest BCUT2D eigenvalue weighted by Crippen LogP contribution is 2.01. The van der Waals surface area contributed by atoms with E-state index in [1.54, 1.807) is 0 Å². The lowest BCUT2D eigenvalue weighted by atomic mass is 10.0. The average Bonchev–Trinajstić information content (AvgIpc) is 2.10. The summed E-state index contributed by atoms with van der Waals surface area (Å²) in [6.07, 6.45) is 0. The van der Waals surface area contributed by atoms with Crippen LogP contribution in [0.4, 0.5) is 0 Å². The van der Waals surface area contributed by atoms with Crippen LogP contribution >= 0.6 is 0 Å². The second kappa shape index (κ2) is 6.96. The molecule has 1 atom stereocenters. The standard InChI is InChI=1S/C12H26N2O/c1-8(2)12(15)11(14-10(5)6)7-13-9(3)4/h8-11,13-14H,7H2,1-6H3/t11-/m1/s1. The van der Waals surface area contributed by atoms with Gasteiger partial charge in [-0.2, -0.15) is 0 Å². The van der Waals surface area contributed by atoms with E-state index in [0.29, 0.717) is 18.6 Å². The summed E-state index contributed by atoms with van der Waals surface area (Å²) in [7, 11) is 0. The molecule has 2 N–H and O–H groups in total. The van der Waals surface area contributed by atoms with E-state index in [-0.39, 0.29) is 17.7 Å². The Balaban J connectivity index is 4.24. The zero-order valence-electron chi connectivity index (χ0n) is 10.9. The highest BCUT2D eigenvalue weighted by atomic mass is 16.1. The van der Waals surface area contributed by atoms with Crippen LogP contribution in [0.15, 0.2) is 0 Å².